The Kier molecular flexibility index (Phi) is 7.31. The molecular formula is C50H38N4O. The van der Waals surface area contributed by atoms with Crippen molar-refractivity contribution in [3.8, 4) is 45.3 Å². The second-order valence-corrected chi connectivity index (χ2v) is 16.1. The van der Waals surface area contributed by atoms with Gasteiger partial charge in [-0.3, -0.25) is 0 Å². The molecule has 55 heavy (non-hydrogen) atoms. The first-order valence-corrected chi connectivity index (χ1v) is 18.9. The maximum absolute atomic E-state index is 7.51. The summed E-state index contributed by atoms with van der Waals surface area (Å²) in [5.74, 6) is 1.87. The fraction of sp³-hybridized carbons (Fsp3) is 0.160. The highest BCUT2D eigenvalue weighted by Crippen LogP contribution is 2.48. The summed E-state index contributed by atoms with van der Waals surface area (Å²) in [7, 11) is 0. The average Bonchev–Trinajstić information content (AvgIpc) is 3.59. The van der Waals surface area contributed by atoms with Gasteiger partial charge in [0.1, 0.15) is 11.2 Å². The molecule has 1 aliphatic carbocycles. The molecule has 0 amide bonds. The molecule has 0 aliphatic heterocycles. The summed E-state index contributed by atoms with van der Waals surface area (Å²) < 4.78 is 6.21. The lowest BCUT2D eigenvalue weighted by molar-refractivity contribution is 0.332. The van der Waals surface area contributed by atoms with Crippen molar-refractivity contribution in [2.45, 2.75) is 51.4 Å². The van der Waals surface area contributed by atoms with E-state index in [9.17, 15) is 0 Å². The molecule has 10 rings (SSSR count). The molecule has 0 fully saturated rings. The van der Waals surface area contributed by atoms with Crippen LogP contribution in [0, 0.1) is 6.57 Å². The number of nitrogens with zero attached hydrogens (tertiary/aromatic N) is 4. The summed E-state index contributed by atoms with van der Waals surface area (Å²) in [5.41, 5.74) is 10.2. The van der Waals surface area contributed by atoms with Crippen LogP contribution in [0.1, 0.15) is 51.7 Å². The zero-order valence-corrected chi connectivity index (χ0v) is 31.3. The molecule has 7 aromatic carbocycles. The van der Waals surface area contributed by atoms with E-state index in [1.807, 2.05) is 36.4 Å². The first-order chi connectivity index (χ1) is 26.7. The number of aromatic nitrogens is 3. The summed E-state index contributed by atoms with van der Waals surface area (Å²) >= 11 is 0. The Hall–Kier alpha value is -6.64. The molecule has 0 unspecified atom stereocenters. The van der Waals surface area contributed by atoms with Crippen LogP contribution in [-0.4, -0.2) is 15.0 Å². The number of fused-ring (bicyclic) bond motifs is 6. The normalized spacial score (nSPS) is 14.7. The van der Waals surface area contributed by atoms with Gasteiger partial charge in [-0.25, -0.2) is 19.8 Å². The van der Waals surface area contributed by atoms with Crippen LogP contribution in [0.2, 0.25) is 0 Å². The van der Waals surface area contributed by atoms with Crippen molar-refractivity contribution < 1.29 is 4.42 Å². The zero-order chi connectivity index (χ0) is 37.5. The Morgan fingerprint density at radius 1 is 0.473 bits per heavy atom. The lowest BCUT2D eigenvalue weighted by Gasteiger charge is -2.42. The van der Waals surface area contributed by atoms with E-state index < -0.39 is 0 Å². The van der Waals surface area contributed by atoms with Crippen LogP contribution >= 0.6 is 0 Å². The van der Waals surface area contributed by atoms with Gasteiger partial charge in [-0.05, 0) is 97.8 Å². The molecule has 2 aromatic heterocycles. The molecule has 0 bridgehead atoms. The monoisotopic (exact) mass is 710 g/mol. The molecule has 2 heterocycles. The molecule has 264 valence electrons. The maximum atomic E-state index is 7.51. The van der Waals surface area contributed by atoms with Gasteiger partial charge >= 0.3 is 0 Å². The fourth-order valence-electron chi connectivity index (χ4n) is 8.72. The van der Waals surface area contributed by atoms with Gasteiger partial charge in [-0.1, -0.05) is 131 Å². The third-order valence-electron chi connectivity index (χ3n) is 11.8. The lowest BCUT2D eigenvalue weighted by atomic mass is 9.63. The van der Waals surface area contributed by atoms with Crippen molar-refractivity contribution in [2.75, 3.05) is 0 Å². The minimum absolute atomic E-state index is 0.0299. The third kappa shape index (κ3) is 5.32. The summed E-state index contributed by atoms with van der Waals surface area (Å²) in [6, 6.07) is 46.1. The first kappa shape index (κ1) is 33.0. The largest absolute Gasteiger partial charge is 0.456 e. The van der Waals surface area contributed by atoms with Crippen molar-refractivity contribution >= 4 is 49.2 Å². The van der Waals surface area contributed by atoms with E-state index in [-0.39, 0.29) is 10.8 Å². The molecule has 0 spiro atoms. The van der Waals surface area contributed by atoms with Crippen LogP contribution in [0.15, 0.2) is 138 Å². The van der Waals surface area contributed by atoms with Gasteiger partial charge in [0.25, 0.3) is 0 Å². The van der Waals surface area contributed by atoms with E-state index in [2.05, 4.69) is 130 Å². The second kappa shape index (κ2) is 12.2. The minimum Gasteiger partial charge on any atom is -0.456 e. The number of rotatable bonds is 4. The molecule has 0 saturated carbocycles. The van der Waals surface area contributed by atoms with Crippen molar-refractivity contribution in [3.05, 3.63) is 156 Å². The summed E-state index contributed by atoms with van der Waals surface area (Å²) in [6.07, 6.45) is 2.27. The number of para-hydroxylation sites is 1. The third-order valence-corrected chi connectivity index (χ3v) is 11.8. The lowest BCUT2D eigenvalue weighted by Crippen LogP contribution is -2.33. The van der Waals surface area contributed by atoms with Gasteiger partial charge in [-0.2, -0.15) is 0 Å². The van der Waals surface area contributed by atoms with Crippen LogP contribution in [0.25, 0.3) is 93.6 Å². The van der Waals surface area contributed by atoms with Crippen LogP contribution in [0.5, 0.6) is 0 Å². The molecule has 0 N–H and O–H groups in total. The van der Waals surface area contributed by atoms with Gasteiger partial charge in [0.2, 0.25) is 0 Å². The van der Waals surface area contributed by atoms with E-state index in [0.29, 0.717) is 23.2 Å². The standard InChI is InChI=1S/C50H38N4O/c1-49(2)26-27-50(3,4)41-29-32(20-24-40(41)49)47-52-46(31-21-25-43-39(28-31)34-12-10-11-17-42(34)55-43)53-48(54-47)45-37-15-8-6-13-35(37)44(36-14-7-9-16-38(36)45)30-18-22-33(51-5)23-19-30/h6-25,28-29H,26-27H2,1-4H3. The van der Waals surface area contributed by atoms with E-state index in [1.165, 1.54) is 11.1 Å². The number of hydrogen-bond donors (Lipinski definition) is 0. The van der Waals surface area contributed by atoms with Gasteiger partial charge < -0.3 is 4.42 Å². The number of furan rings is 1. The van der Waals surface area contributed by atoms with Crippen molar-refractivity contribution in [2.24, 2.45) is 0 Å². The van der Waals surface area contributed by atoms with E-state index in [0.717, 1.165) is 84.1 Å². The molecule has 0 atom stereocenters. The highest BCUT2D eigenvalue weighted by atomic mass is 16.3. The Morgan fingerprint density at radius 3 is 1.60 bits per heavy atom. The first-order valence-electron chi connectivity index (χ1n) is 18.9. The molecular weight excluding hydrogens is 673 g/mol. The van der Waals surface area contributed by atoms with Gasteiger partial charge in [-0.15, -0.1) is 0 Å². The molecule has 9 aromatic rings. The van der Waals surface area contributed by atoms with Crippen LogP contribution < -0.4 is 0 Å². The molecule has 1 aliphatic rings. The molecule has 5 heteroatoms. The maximum Gasteiger partial charge on any atom is 0.187 e. The summed E-state index contributed by atoms with van der Waals surface area (Å²) in [4.78, 5) is 19.6. The number of hydrogen-bond acceptors (Lipinski definition) is 4. The Morgan fingerprint density at radius 2 is 0.964 bits per heavy atom. The summed E-state index contributed by atoms with van der Waals surface area (Å²) in [6.45, 7) is 16.9. The Bertz CT molecular complexity index is 3000. The average molecular weight is 711 g/mol. The van der Waals surface area contributed by atoms with E-state index in [4.69, 9.17) is 25.9 Å². The highest BCUT2D eigenvalue weighted by molar-refractivity contribution is 6.21. The van der Waals surface area contributed by atoms with E-state index in [1.54, 1.807) is 0 Å². The zero-order valence-electron chi connectivity index (χ0n) is 31.3. The molecule has 0 radical (unpaired) electrons. The SMILES string of the molecule is [C-]#[N+]c1ccc(-c2c3ccccc3c(-c3nc(-c4ccc5c(c4)C(C)(C)CCC5(C)C)nc(-c4ccc5oc6ccccc6c5c4)n3)c3ccccc23)cc1. The molecule has 5 nitrogen and oxygen atoms in total. The number of benzene rings is 7. The van der Waals surface area contributed by atoms with Crippen molar-refractivity contribution in [3.63, 3.8) is 0 Å². The van der Waals surface area contributed by atoms with Crippen molar-refractivity contribution in [1.82, 2.24) is 15.0 Å². The Labute approximate surface area is 320 Å². The van der Waals surface area contributed by atoms with Crippen molar-refractivity contribution in [1.29, 1.82) is 0 Å². The topological polar surface area (TPSA) is 56.2 Å². The Balaban J connectivity index is 1.26. The van der Waals surface area contributed by atoms with Crippen LogP contribution in [0.3, 0.4) is 0 Å². The van der Waals surface area contributed by atoms with E-state index >= 15 is 0 Å². The summed E-state index contributed by atoms with van der Waals surface area (Å²) in [5, 5.41) is 6.39. The second-order valence-electron chi connectivity index (χ2n) is 16.1. The molecule has 0 saturated heterocycles. The minimum atomic E-state index is 0.0299. The van der Waals surface area contributed by atoms with Gasteiger partial charge in [0.15, 0.2) is 23.2 Å². The van der Waals surface area contributed by atoms with Crippen LogP contribution in [-0.2, 0) is 10.8 Å². The highest BCUT2D eigenvalue weighted by Gasteiger charge is 2.37. The van der Waals surface area contributed by atoms with Gasteiger partial charge in [0.05, 0.1) is 6.57 Å². The van der Waals surface area contributed by atoms with Crippen LogP contribution in [0.4, 0.5) is 5.69 Å². The van der Waals surface area contributed by atoms with Gasteiger partial charge in [0, 0.05) is 27.5 Å². The predicted molar refractivity (Wildman–Crippen MR) is 225 cm³/mol. The smallest absolute Gasteiger partial charge is 0.187 e. The predicted octanol–water partition coefficient (Wildman–Crippen LogP) is 13.6. The quantitative estimate of drug-likeness (QED) is 0.135. The fourth-order valence-corrected chi connectivity index (χ4v) is 8.72.